The normalized spacial score (nSPS) is 11.2. The van der Waals surface area contributed by atoms with Crippen molar-refractivity contribution >= 4 is 21.7 Å². The number of hydrogen-bond donors (Lipinski definition) is 0. The first-order chi connectivity index (χ1) is 9.86. The minimum absolute atomic E-state index is 0.0313. The van der Waals surface area contributed by atoms with Crippen LogP contribution in [-0.2, 0) is 5.41 Å². The first-order valence-electron chi connectivity index (χ1n) is 6.88. The van der Waals surface area contributed by atoms with Gasteiger partial charge in [0, 0.05) is 10.0 Å². The van der Waals surface area contributed by atoms with Gasteiger partial charge in [0.25, 0.3) is 0 Å². The zero-order valence-electron chi connectivity index (χ0n) is 12.5. The summed E-state index contributed by atoms with van der Waals surface area (Å²) in [6.07, 6.45) is 0. The summed E-state index contributed by atoms with van der Waals surface area (Å²) in [5, 5.41) is 0. The number of halogens is 1. The summed E-state index contributed by atoms with van der Waals surface area (Å²) in [5.41, 5.74) is 2.01. The van der Waals surface area contributed by atoms with E-state index in [0.717, 1.165) is 4.47 Å². The van der Waals surface area contributed by atoms with E-state index in [0.29, 0.717) is 11.3 Å². The molecule has 110 valence electrons. The fraction of sp³-hybridized carbons (Fsp3) is 0.278. The quantitative estimate of drug-likeness (QED) is 0.727. The highest BCUT2D eigenvalue weighted by Crippen LogP contribution is 2.24. The zero-order chi connectivity index (χ0) is 15.5. The molecule has 2 aromatic carbocycles. The molecule has 0 aliphatic carbocycles. The number of carbonyl (C=O) groups is 1. The van der Waals surface area contributed by atoms with E-state index >= 15 is 0 Å². The van der Waals surface area contributed by atoms with Crippen LogP contribution in [0.1, 0.15) is 36.7 Å². The zero-order valence-corrected chi connectivity index (χ0v) is 14.1. The lowest BCUT2D eigenvalue weighted by Crippen LogP contribution is -2.12. The summed E-state index contributed by atoms with van der Waals surface area (Å²) < 4.78 is 6.46. The molecule has 3 heteroatoms. The summed E-state index contributed by atoms with van der Waals surface area (Å²) in [4.78, 5) is 12.1. The monoisotopic (exact) mass is 346 g/mol. The molecule has 0 saturated carbocycles. The van der Waals surface area contributed by atoms with Crippen molar-refractivity contribution in [3.63, 3.8) is 0 Å². The van der Waals surface area contributed by atoms with E-state index in [1.165, 1.54) is 5.56 Å². The van der Waals surface area contributed by atoms with E-state index in [-0.39, 0.29) is 17.8 Å². The van der Waals surface area contributed by atoms with Gasteiger partial charge in [-0.2, -0.15) is 0 Å². The Labute approximate surface area is 134 Å². The van der Waals surface area contributed by atoms with Gasteiger partial charge >= 0.3 is 0 Å². The van der Waals surface area contributed by atoms with Gasteiger partial charge < -0.3 is 4.74 Å². The van der Waals surface area contributed by atoms with Crippen molar-refractivity contribution in [3.05, 3.63) is 64.1 Å². The molecule has 2 aromatic rings. The molecule has 0 saturated heterocycles. The Bertz CT molecular complexity index is 624. The number of hydrogen-bond acceptors (Lipinski definition) is 2. The molecule has 0 aliphatic rings. The topological polar surface area (TPSA) is 26.3 Å². The van der Waals surface area contributed by atoms with Gasteiger partial charge in [0.15, 0.2) is 12.4 Å². The van der Waals surface area contributed by atoms with Crippen LogP contribution in [0.25, 0.3) is 0 Å². The van der Waals surface area contributed by atoms with Gasteiger partial charge in [0.05, 0.1) is 0 Å². The van der Waals surface area contributed by atoms with Crippen LogP contribution in [0, 0.1) is 0 Å². The van der Waals surface area contributed by atoms with Crippen molar-refractivity contribution in [1.29, 1.82) is 0 Å². The van der Waals surface area contributed by atoms with Gasteiger partial charge in [-0.25, -0.2) is 0 Å². The third kappa shape index (κ3) is 4.43. The minimum Gasteiger partial charge on any atom is -0.485 e. The van der Waals surface area contributed by atoms with Crippen LogP contribution < -0.4 is 4.74 Å². The Kier molecular flexibility index (Phi) is 4.84. The molecular weight excluding hydrogens is 328 g/mol. The molecule has 0 heterocycles. The van der Waals surface area contributed by atoms with Crippen LogP contribution >= 0.6 is 15.9 Å². The highest BCUT2D eigenvalue weighted by atomic mass is 79.9. The van der Waals surface area contributed by atoms with Crippen molar-refractivity contribution in [2.75, 3.05) is 6.61 Å². The number of ketones is 1. The van der Waals surface area contributed by atoms with E-state index in [1.807, 2.05) is 36.4 Å². The fourth-order valence-corrected chi connectivity index (χ4v) is 2.34. The SMILES string of the molecule is CC(C)(C)c1ccc(OCC(=O)c2cccc(Br)c2)cc1. The molecule has 0 unspecified atom stereocenters. The molecule has 2 rings (SSSR count). The summed E-state index contributed by atoms with van der Waals surface area (Å²) in [6.45, 7) is 6.55. The van der Waals surface area contributed by atoms with Gasteiger partial charge in [0.2, 0.25) is 0 Å². The fourth-order valence-electron chi connectivity index (χ4n) is 1.95. The predicted molar refractivity (Wildman–Crippen MR) is 89.1 cm³/mol. The Morgan fingerprint density at radius 1 is 1.10 bits per heavy atom. The number of ether oxygens (including phenoxy) is 1. The van der Waals surface area contributed by atoms with Crippen molar-refractivity contribution in [3.8, 4) is 5.75 Å². The maximum absolute atomic E-state index is 12.1. The molecule has 0 aromatic heterocycles. The third-order valence-electron chi connectivity index (χ3n) is 3.24. The van der Waals surface area contributed by atoms with Crippen LogP contribution in [-0.4, -0.2) is 12.4 Å². The smallest absolute Gasteiger partial charge is 0.200 e. The van der Waals surface area contributed by atoms with Crippen molar-refractivity contribution in [2.24, 2.45) is 0 Å². The third-order valence-corrected chi connectivity index (χ3v) is 3.73. The number of Topliss-reactive ketones (excluding diaryl/α,β-unsaturated/α-hetero) is 1. The average molecular weight is 347 g/mol. The number of rotatable bonds is 4. The molecule has 0 radical (unpaired) electrons. The van der Waals surface area contributed by atoms with Crippen LogP contribution in [0.2, 0.25) is 0 Å². The first kappa shape index (κ1) is 15.8. The number of carbonyl (C=O) groups excluding carboxylic acids is 1. The first-order valence-corrected chi connectivity index (χ1v) is 7.68. The molecule has 0 spiro atoms. The van der Waals surface area contributed by atoms with Gasteiger partial charge in [0.1, 0.15) is 5.75 Å². The molecule has 0 bridgehead atoms. The second-order valence-electron chi connectivity index (χ2n) is 6.00. The largest absolute Gasteiger partial charge is 0.485 e. The highest BCUT2D eigenvalue weighted by molar-refractivity contribution is 9.10. The minimum atomic E-state index is -0.0313. The summed E-state index contributed by atoms with van der Waals surface area (Å²) in [5.74, 6) is 0.683. The lowest BCUT2D eigenvalue weighted by atomic mass is 9.87. The number of benzene rings is 2. The van der Waals surface area contributed by atoms with Crippen LogP contribution in [0.5, 0.6) is 5.75 Å². The molecule has 2 nitrogen and oxygen atoms in total. The Hall–Kier alpha value is -1.61. The lowest BCUT2D eigenvalue weighted by molar-refractivity contribution is 0.0921. The van der Waals surface area contributed by atoms with Gasteiger partial charge in [-0.3, -0.25) is 4.79 Å². The second-order valence-corrected chi connectivity index (χ2v) is 6.91. The van der Waals surface area contributed by atoms with Crippen molar-refractivity contribution in [1.82, 2.24) is 0 Å². The average Bonchev–Trinajstić information content (AvgIpc) is 2.44. The van der Waals surface area contributed by atoms with E-state index in [4.69, 9.17) is 4.74 Å². The molecular formula is C18H19BrO2. The van der Waals surface area contributed by atoms with E-state index in [2.05, 4.69) is 36.7 Å². The van der Waals surface area contributed by atoms with Crippen LogP contribution in [0.15, 0.2) is 53.0 Å². The summed E-state index contributed by atoms with van der Waals surface area (Å²) in [6, 6.07) is 15.2. The highest BCUT2D eigenvalue weighted by Gasteiger charge is 2.13. The second kappa shape index (κ2) is 6.44. The molecule has 0 aliphatic heterocycles. The van der Waals surface area contributed by atoms with Crippen molar-refractivity contribution < 1.29 is 9.53 Å². The molecule has 0 N–H and O–H groups in total. The van der Waals surface area contributed by atoms with Gasteiger partial charge in [-0.1, -0.05) is 61.0 Å². The summed E-state index contributed by atoms with van der Waals surface area (Å²) in [7, 11) is 0. The molecule has 0 fully saturated rings. The van der Waals surface area contributed by atoms with E-state index in [1.54, 1.807) is 12.1 Å². The van der Waals surface area contributed by atoms with Crippen molar-refractivity contribution in [2.45, 2.75) is 26.2 Å². The van der Waals surface area contributed by atoms with E-state index in [9.17, 15) is 4.79 Å². The Morgan fingerprint density at radius 3 is 2.33 bits per heavy atom. The summed E-state index contributed by atoms with van der Waals surface area (Å²) >= 11 is 3.36. The standard InChI is InChI=1S/C18H19BrO2/c1-18(2,3)14-7-9-16(10-8-14)21-12-17(20)13-5-4-6-15(19)11-13/h4-11H,12H2,1-3H3. The van der Waals surface area contributed by atoms with E-state index < -0.39 is 0 Å². The molecule has 0 amide bonds. The lowest BCUT2D eigenvalue weighted by Gasteiger charge is -2.19. The van der Waals surface area contributed by atoms with Gasteiger partial charge in [-0.05, 0) is 35.2 Å². The Morgan fingerprint density at radius 2 is 1.76 bits per heavy atom. The molecule has 21 heavy (non-hydrogen) atoms. The maximum Gasteiger partial charge on any atom is 0.200 e. The van der Waals surface area contributed by atoms with Gasteiger partial charge in [-0.15, -0.1) is 0 Å². The van der Waals surface area contributed by atoms with Crippen LogP contribution in [0.3, 0.4) is 0 Å². The molecule has 0 atom stereocenters. The Balaban J connectivity index is 1.98. The van der Waals surface area contributed by atoms with Crippen LogP contribution in [0.4, 0.5) is 0 Å². The predicted octanol–water partition coefficient (Wildman–Crippen LogP) is 5.01. The maximum atomic E-state index is 12.1.